The van der Waals surface area contributed by atoms with Crippen LogP contribution in [0.3, 0.4) is 0 Å². The molecule has 5 atom stereocenters. The number of carbonyl (C=O) groups excluding carboxylic acids is 1. The second kappa shape index (κ2) is 11.6. The number of halogens is 1. The zero-order valence-electron chi connectivity index (χ0n) is 21.1. The van der Waals surface area contributed by atoms with Crippen molar-refractivity contribution in [2.24, 2.45) is 5.92 Å². The number of anilines is 1. The van der Waals surface area contributed by atoms with E-state index in [1.807, 2.05) is 0 Å². The van der Waals surface area contributed by atoms with E-state index in [4.69, 9.17) is 24.3 Å². The molecule has 0 bridgehead atoms. The summed E-state index contributed by atoms with van der Waals surface area (Å²) in [4.78, 5) is 35.0. The first-order valence-electron chi connectivity index (χ1n) is 12.0. The summed E-state index contributed by atoms with van der Waals surface area (Å²) in [5.74, 6) is -1.14. The maximum Gasteiger partial charge on any atom is 0.459 e. The minimum absolute atomic E-state index is 0.0616. The van der Waals surface area contributed by atoms with Gasteiger partial charge >= 0.3 is 13.7 Å². The Bertz CT molecular complexity index is 1370. The molecule has 1 aliphatic rings. The number of esters is 1. The molecule has 1 aromatic carbocycles. The molecule has 1 aliphatic heterocycles. The number of H-pyrrole nitrogens is 1. The Hall–Kier alpha value is -3.32. The highest BCUT2D eigenvalue weighted by atomic mass is 31.2. The van der Waals surface area contributed by atoms with Crippen molar-refractivity contribution >= 4 is 30.8 Å². The molecule has 5 unspecified atom stereocenters. The summed E-state index contributed by atoms with van der Waals surface area (Å²) in [7, 11) is -4.16. The SMILES string of the molecule is CC(C)OC(=O)C(C)NP(=O)(OCC1OC(n2cnc3c(=O)[nH]c(N)nc32)CC1CF)Oc1ccccc1. The van der Waals surface area contributed by atoms with Gasteiger partial charge in [0.25, 0.3) is 5.56 Å². The fourth-order valence-electron chi connectivity index (χ4n) is 3.96. The Morgan fingerprint density at radius 1 is 1.34 bits per heavy atom. The van der Waals surface area contributed by atoms with Crippen molar-refractivity contribution in [1.29, 1.82) is 0 Å². The van der Waals surface area contributed by atoms with Crippen LogP contribution in [0.2, 0.25) is 0 Å². The number of benzene rings is 1. The number of para-hydroxylation sites is 1. The molecule has 1 saturated heterocycles. The summed E-state index contributed by atoms with van der Waals surface area (Å²) in [6.45, 7) is 3.77. The summed E-state index contributed by atoms with van der Waals surface area (Å²) < 4.78 is 51.7. The molecule has 0 radical (unpaired) electrons. The third-order valence-corrected chi connectivity index (χ3v) is 7.40. The van der Waals surface area contributed by atoms with Crippen molar-refractivity contribution in [3.8, 4) is 5.75 Å². The smallest absolute Gasteiger partial charge is 0.459 e. The van der Waals surface area contributed by atoms with Crippen LogP contribution < -0.4 is 20.9 Å². The van der Waals surface area contributed by atoms with Gasteiger partial charge in [-0.3, -0.25) is 28.1 Å². The van der Waals surface area contributed by atoms with Crippen molar-refractivity contribution in [3.63, 3.8) is 0 Å². The van der Waals surface area contributed by atoms with Gasteiger partial charge < -0.3 is 19.7 Å². The van der Waals surface area contributed by atoms with E-state index in [1.54, 1.807) is 44.2 Å². The molecule has 3 heterocycles. The molecule has 0 saturated carbocycles. The molecular weight excluding hydrogens is 522 g/mol. The standard InChI is InChI=1S/C23H30FN6O7P/c1-13(2)35-22(32)14(3)29-38(33,37-16-7-5-4-6-8-16)34-11-17-15(10-24)9-18(36-17)30-12-26-19-20(30)27-23(25)28-21(19)31/h4-8,12-15,17-18H,9-11H2,1-3H3,(H,29,33)(H3,25,27,28,31). The fraction of sp³-hybridized carbons (Fsp3) is 0.478. The molecule has 4 N–H and O–H groups in total. The van der Waals surface area contributed by atoms with E-state index in [2.05, 4.69) is 20.0 Å². The van der Waals surface area contributed by atoms with Gasteiger partial charge in [-0.05, 0) is 32.9 Å². The van der Waals surface area contributed by atoms with Gasteiger partial charge in [0.15, 0.2) is 11.2 Å². The largest absolute Gasteiger partial charge is 0.462 e. The van der Waals surface area contributed by atoms with Crippen LogP contribution in [-0.2, 0) is 23.4 Å². The highest BCUT2D eigenvalue weighted by Crippen LogP contribution is 2.46. The van der Waals surface area contributed by atoms with Crippen LogP contribution in [-0.4, -0.2) is 57.0 Å². The van der Waals surface area contributed by atoms with E-state index < -0.39 is 50.2 Å². The number of imidazole rings is 1. The van der Waals surface area contributed by atoms with Crippen LogP contribution in [0.25, 0.3) is 11.2 Å². The predicted molar refractivity (Wildman–Crippen MR) is 135 cm³/mol. The molecule has 3 aromatic rings. The van der Waals surface area contributed by atoms with Crippen LogP contribution in [0.1, 0.15) is 33.4 Å². The van der Waals surface area contributed by atoms with Crippen LogP contribution in [0.5, 0.6) is 5.75 Å². The Morgan fingerprint density at radius 3 is 2.76 bits per heavy atom. The number of aromatic nitrogens is 4. The number of nitrogens with one attached hydrogen (secondary N) is 2. The molecule has 4 rings (SSSR count). The quantitative estimate of drug-likeness (QED) is 0.236. The molecule has 38 heavy (non-hydrogen) atoms. The average Bonchev–Trinajstić information content (AvgIpc) is 3.47. The van der Waals surface area contributed by atoms with Crippen LogP contribution >= 0.6 is 7.75 Å². The Balaban J connectivity index is 1.51. The van der Waals surface area contributed by atoms with E-state index in [9.17, 15) is 18.5 Å². The average molecular weight is 553 g/mol. The zero-order chi connectivity index (χ0) is 27.4. The van der Waals surface area contributed by atoms with Crippen LogP contribution in [0.4, 0.5) is 10.3 Å². The van der Waals surface area contributed by atoms with Crippen molar-refractivity contribution in [3.05, 3.63) is 47.0 Å². The first-order chi connectivity index (χ1) is 18.1. The number of aromatic amines is 1. The summed E-state index contributed by atoms with van der Waals surface area (Å²) in [6.07, 6.45) is -0.378. The van der Waals surface area contributed by atoms with Crippen LogP contribution in [0.15, 0.2) is 41.5 Å². The zero-order valence-corrected chi connectivity index (χ0v) is 22.0. The number of hydrogen-bond acceptors (Lipinski definition) is 10. The van der Waals surface area contributed by atoms with Gasteiger partial charge in [0.2, 0.25) is 5.95 Å². The summed E-state index contributed by atoms with van der Waals surface area (Å²) in [5.41, 5.74) is 5.40. The molecule has 13 nitrogen and oxygen atoms in total. The Labute approximate surface area is 217 Å². The van der Waals surface area contributed by atoms with Gasteiger partial charge in [0, 0.05) is 12.3 Å². The van der Waals surface area contributed by atoms with E-state index in [-0.39, 0.29) is 42.0 Å². The van der Waals surface area contributed by atoms with Crippen molar-refractivity contribution in [2.75, 3.05) is 19.0 Å². The predicted octanol–water partition coefficient (Wildman–Crippen LogP) is 2.71. The van der Waals surface area contributed by atoms with Crippen molar-refractivity contribution in [2.45, 2.75) is 51.7 Å². The number of fused-ring (bicyclic) bond motifs is 1. The Morgan fingerprint density at radius 2 is 2.08 bits per heavy atom. The van der Waals surface area contributed by atoms with E-state index in [0.29, 0.717) is 0 Å². The molecule has 0 amide bonds. The fourth-order valence-corrected chi connectivity index (χ4v) is 5.46. The number of ether oxygens (including phenoxy) is 2. The molecular formula is C23H30FN6O7P. The maximum atomic E-state index is 14.0. The lowest BCUT2D eigenvalue weighted by Gasteiger charge is -2.25. The molecule has 15 heteroatoms. The number of rotatable bonds is 11. The molecule has 0 aliphatic carbocycles. The third-order valence-electron chi connectivity index (χ3n) is 5.76. The van der Waals surface area contributed by atoms with Gasteiger partial charge in [-0.25, -0.2) is 9.55 Å². The van der Waals surface area contributed by atoms with Crippen LogP contribution in [0, 0.1) is 5.92 Å². The highest BCUT2D eigenvalue weighted by Gasteiger charge is 2.40. The van der Waals surface area contributed by atoms with Gasteiger partial charge in [-0.15, -0.1) is 0 Å². The van der Waals surface area contributed by atoms with Gasteiger partial charge in [0.05, 0.1) is 31.8 Å². The lowest BCUT2D eigenvalue weighted by molar-refractivity contribution is -0.149. The van der Waals surface area contributed by atoms with E-state index in [0.717, 1.165) is 0 Å². The van der Waals surface area contributed by atoms with Gasteiger partial charge in [-0.1, -0.05) is 18.2 Å². The number of nitrogen functional groups attached to an aromatic ring is 1. The maximum absolute atomic E-state index is 14.0. The summed E-state index contributed by atoms with van der Waals surface area (Å²) in [6, 6.07) is 7.23. The summed E-state index contributed by atoms with van der Waals surface area (Å²) in [5, 5.41) is 2.59. The number of alkyl halides is 1. The van der Waals surface area contributed by atoms with E-state index in [1.165, 1.54) is 17.8 Å². The minimum atomic E-state index is -4.16. The number of carbonyl (C=O) groups is 1. The Kier molecular flexibility index (Phi) is 8.46. The van der Waals surface area contributed by atoms with Gasteiger partial charge in [-0.2, -0.15) is 10.1 Å². The number of hydrogen-bond donors (Lipinski definition) is 3. The molecule has 1 fully saturated rings. The third kappa shape index (κ3) is 6.38. The number of nitrogens with two attached hydrogens (primary N) is 1. The van der Waals surface area contributed by atoms with E-state index >= 15 is 0 Å². The first kappa shape index (κ1) is 27.7. The minimum Gasteiger partial charge on any atom is -0.462 e. The second-order valence-electron chi connectivity index (χ2n) is 9.09. The first-order valence-corrected chi connectivity index (χ1v) is 13.5. The monoisotopic (exact) mass is 552 g/mol. The molecule has 2 aromatic heterocycles. The second-order valence-corrected chi connectivity index (χ2v) is 10.8. The highest BCUT2D eigenvalue weighted by molar-refractivity contribution is 7.52. The molecule has 0 spiro atoms. The summed E-state index contributed by atoms with van der Waals surface area (Å²) >= 11 is 0. The topological polar surface area (TPSA) is 173 Å². The lowest BCUT2D eigenvalue weighted by atomic mass is 10.0. The lowest BCUT2D eigenvalue weighted by Crippen LogP contribution is -2.37. The number of nitrogens with zero attached hydrogens (tertiary/aromatic N) is 3. The van der Waals surface area contributed by atoms with Gasteiger partial charge in [0.1, 0.15) is 18.0 Å². The molecule has 206 valence electrons. The van der Waals surface area contributed by atoms with Crippen molar-refractivity contribution in [1.82, 2.24) is 24.6 Å². The normalized spacial score (nSPS) is 21.9. The van der Waals surface area contributed by atoms with Crippen molar-refractivity contribution < 1.29 is 32.3 Å².